The number of nitrogens with zero attached hydrogens (tertiary/aromatic N) is 2. The summed E-state index contributed by atoms with van der Waals surface area (Å²) in [4.78, 5) is 17.1. The van der Waals surface area contributed by atoms with Crippen LogP contribution in [-0.4, -0.2) is 27.6 Å². The number of hydrogen-bond donors (Lipinski definition) is 1. The highest BCUT2D eigenvalue weighted by Crippen LogP contribution is 2.31. The molecule has 3 heterocycles. The molecule has 2 aliphatic rings. The van der Waals surface area contributed by atoms with Crippen molar-refractivity contribution < 1.29 is 9.53 Å². The summed E-state index contributed by atoms with van der Waals surface area (Å²) in [6.45, 7) is 6.96. The van der Waals surface area contributed by atoms with E-state index in [1.165, 1.54) is 11.1 Å². The molecule has 0 fully saturated rings. The van der Waals surface area contributed by atoms with E-state index in [4.69, 9.17) is 4.74 Å². The maximum Gasteiger partial charge on any atom is 0.261 e. The third kappa shape index (κ3) is 2.68. The number of benzene rings is 1. The van der Waals surface area contributed by atoms with Gasteiger partial charge >= 0.3 is 0 Å². The van der Waals surface area contributed by atoms with Crippen LogP contribution in [0.5, 0.6) is 5.75 Å². The molecule has 0 unspecified atom stereocenters. The minimum absolute atomic E-state index is 0.00760. The molecule has 24 heavy (non-hydrogen) atoms. The SMILES string of the molecule is Cc1cn2c(n1)CC[C@H](NC(=O)[C@H]1Cc3cc(C)c(C)cc3O1)C2. The monoisotopic (exact) mass is 325 g/mol. The molecule has 0 aliphatic carbocycles. The van der Waals surface area contributed by atoms with Crippen molar-refractivity contribution in [1.82, 2.24) is 14.9 Å². The number of hydrogen-bond acceptors (Lipinski definition) is 3. The second-order valence-electron chi connectivity index (χ2n) is 7.05. The number of aromatic nitrogens is 2. The standard InChI is InChI=1S/C19H23N3O2/c1-11-6-14-8-17(24-16(14)7-12(11)2)19(23)21-15-4-5-18-20-13(3)9-22(18)10-15/h6-7,9,15,17H,4-5,8,10H2,1-3H3,(H,21,23)/t15-,17+/m0/s1. The van der Waals surface area contributed by atoms with E-state index in [0.29, 0.717) is 6.42 Å². The fourth-order valence-corrected chi connectivity index (χ4v) is 3.66. The first-order valence-corrected chi connectivity index (χ1v) is 8.59. The van der Waals surface area contributed by atoms with Crippen LogP contribution in [0.3, 0.4) is 0 Å². The zero-order valence-corrected chi connectivity index (χ0v) is 14.4. The lowest BCUT2D eigenvalue weighted by Crippen LogP contribution is -2.46. The highest BCUT2D eigenvalue weighted by molar-refractivity contribution is 5.82. The Morgan fingerprint density at radius 3 is 2.92 bits per heavy atom. The normalized spacial score (nSPS) is 21.8. The lowest BCUT2D eigenvalue weighted by molar-refractivity contribution is -0.128. The van der Waals surface area contributed by atoms with Gasteiger partial charge in [0.15, 0.2) is 6.10 Å². The summed E-state index contributed by atoms with van der Waals surface area (Å²) >= 11 is 0. The maximum absolute atomic E-state index is 12.6. The van der Waals surface area contributed by atoms with Gasteiger partial charge in [-0.2, -0.15) is 0 Å². The average Bonchev–Trinajstić information content (AvgIpc) is 3.09. The van der Waals surface area contributed by atoms with Gasteiger partial charge in [-0.15, -0.1) is 0 Å². The van der Waals surface area contributed by atoms with Crippen molar-refractivity contribution in [1.29, 1.82) is 0 Å². The fraction of sp³-hybridized carbons (Fsp3) is 0.474. The minimum atomic E-state index is -0.410. The Morgan fingerprint density at radius 1 is 1.29 bits per heavy atom. The number of fused-ring (bicyclic) bond motifs is 2. The Morgan fingerprint density at radius 2 is 2.08 bits per heavy atom. The van der Waals surface area contributed by atoms with E-state index in [0.717, 1.165) is 42.2 Å². The van der Waals surface area contributed by atoms with Gasteiger partial charge in [0.2, 0.25) is 0 Å². The summed E-state index contributed by atoms with van der Waals surface area (Å²) in [5.41, 5.74) is 4.62. The summed E-state index contributed by atoms with van der Waals surface area (Å²) in [5.74, 6) is 1.97. The first kappa shape index (κ1) is 15.2. The Labute approximate surface area is 142 Å². The van der Waals surface area contributed by atoms with Crippen molar-refractivity contribution in [2.24, 2.45) is 0 Å². The molecule has 1 N–H and O–H groups in total. The van der Waals surface area contributed by atoms with Crippen LogP contribution >= 0.6 is 0 Å². The van der Waals surface area contributed by atoms with E-state index in [9.17, 15) is 4.79 Å². The third-order valence-electron chi connectivity index (χ3n) is 5.10. The number of carbonyl (C=O) groups excluding carboxylic acids is 1. The summed E-state index contributed by atoms with van der Waals surface area (Å²) in [7, 11) is 0. The first-order chi connectivity index (χ1) is 11.5. The van der Waals surface area contributed by atoms with E-state index < -0.39 is 6.10 Å². The largest absolute Gasteiger partial charge is 0.480 e. The second kappa shape index (κ2) is 5.65. The summed E-state index contributed by atoms with van der Waals surface area (Å²) in [5, 5.41) is 3.16. The van der Waals surface area contributed by atoms with Crippen LogP contribution < -0.4 is 10.1 Å². The highest BCUT2D eigenvalue weighted by atomic mass is 16.5. The molecule has 5 heteroatoms. The Balaban J connectivity index is 1.41. The predicted molar refractivity (Wildman–Crippen MR) is 91.3 cm³/mol. The van der Waals surface area contributed by atoms with Gasteiger partial charge in [0.25, 0.3) is 5.91 Å². The molecule has 0 bridgehead atoms. The molecule has 2 atom stereocenters. The number of aryl methyl sites for hydroxylation is 4. The Hall–Kier alpha value is -2.30. The van der Waals surface area contributed by atoms with Gasteiger partial charge in [-0.1, -0.05) is 6.07 Å². The number of amides is 1. The number of imidazole rings is 1. The molecule has 1 amide bonds. The van der Waals surface area contributed by atoms with Crippen molar-refractivity contribution >= 4 is 5.91 Å². The lowest BCUT2D eigenvalue weighted by Gasteiger charge is -2.25. The average molecular weight is 325 g/mol. The molecule has 126 valence electrons. The molecule has 2 aromatic rings. The van der Waals surface area contributed by atoms with Gasteiger partial charge in [-0.25, -0.2) is 4.98 Å². The zero-order chi connectivity index (χ0) is 16.8. The lowest BCUT2D eigenvalue weighted by atomic mass is 10.0. The quantitative estimate of drug-likeness (QED) is 0.921. The van der Waals surface area contributed by atoms with E-state index in [1.54, 1.807) is 0 Å². The molecule has 1 aromatic heterocycles. The van der Waals surface area contributed by atoms with Gasteiger partial charge in [0.05, 0.1) is 5.69 Å². The van der Waals surface area contributed by atoms with Gasteiger partial charge in [0.1, 0.15) is 11.6 Å². The van der Waals surface area contributed by atoms with Gasteiger partial charge in [-0.05, 0) is 49.9 Å². The van der Waals surface area contributed by atoms with Crippen LogP contribution in [0.2, 0.25) is 0 Å². The third-order valence-corrected chi connectivity index (χ3v) is 5.10. The molecule has 0 saturated heterocycles. The number of ether oxygens (including phenoxy) is 1. The van der Waals surface area contributed by atoms with Crippen LogP contribution in [-0.2, 0) is 24.2 Å². The van der Waals surface area contributed by atoms with Crippen molar-refractivity contribution in [3.8, 4) is 5.75 Å². The molecule has 5 nitrogen and oxygen atoms in total. The molecule has 2 aliphatic heterocycles. The Bertz CT molecular complexity index is 778. The molecule has 0 spiro atoms. The minimum Gasteiger partial charge on any atom is -0.480 e. The molecule has 0 radical (unpaired) electrons. The van der Waals surface area contributed by atoms with Crippen LogP contribution in [0.4, 0.5) is 0 Å². The molecular weight excluding hydrogens is 302 g/mol. The molecule has 0 saturated carbocycles. The zero-order valence-electron chi connectivity index (χ0n) is 14.4. The molecule has 4 rings (SSSR count). The summed E-state index contributed by atoms with van der Waals surface area (Å²) < 4.78 is 8.04. The topological polar surface area (TPSA) is 56.2 Å². The number of rotatable bonds is 2. The predicted octanol–water partition coefficient (Wildman–Crippen LogP) is 2.24. The van der Waals surface area contributed by atoms with E-state index in [2.05, 4.69) is 41.0 Å². The van der Waals surface area contributed by atoms with Gasteiger partial charge in [0, 0.05) is 31.6 Å². The van der Waals surface area contributed by atoms with Gasteiger partial charge in [-0.3, -0.25) is 4.79 Å². The van der Waals surface area contributed by atoms with E-state index in [1.807, 2.05) is 13.0 Å². The summed E-state index contributed by atoms with van der Waals surface area (Å²) in [6.07, 6.45) is 4.14. The Kier molecular flexibility index (Phi) is 3.59. The maximum atomic E-state index is 12.6. The van der Waals surface area contributed by atoms with Crippen LogP contribution in [0.25, 0.3) is 0 Å². The van der Waals surface area contributed by atoms with Crippen molar-refractivity contribution in [2.45, 2.75) is 58.7 Å². The van der Waals surface area contributed by atoms with Crippen LogP contribution in [0.1, 0.15) is 34.6 Å². The van der Waals surface area contributed by atoms with Crippen molar-refractivity contribution in [3.05, 3.63) is 46.5 Å². The van der Waals surface area contributed by atoms with Crippen LogP contribution in [0.15, 0.2) is 18.3 Å². The second-order valence-corrected chi connectivity index (χ2v) is 7.05. The number of nitrogens with one attached hydrogen (secondary N) is 1. The first-order valence-electron chi connectivity index (χ1n) is 8.59. The summed E-state index contributed by atoms with van der Waals surface area (Å²) in [6, 6.07) is 4.33. The highest BCUT2D eigenvalue weighted by Gasteiger charge is 2.31. The number of carbonyl (C=O) groups is 1. The van der Waals surface area contributed by atoms with E-state index >= 15 is 0 Å². The fourth-order valence-electron chi connectivity index (χ4n) is 3.66. The molecular formula is C19H23N3O2. The van der Waals surface area contributed by atoms with Crippen LogP contribution in [0, 0.1) is 20.8 Å². The smallest absolute Gasteiger partial charge is 0.261 e. The van der Waals surface area contributed by atoms with E-state index in [-0.39, 0.29) is 11.9 Å². The van der Waals surface area contributed by atoms with Gasteiger partial charge < -0.3 is 14.6 Å². The van der Waals surface area contributed by atoms with Crippen molar-refractivity contribution in [3.63, 3.8) is 0 Å². The molecule has 1 aromatic carbocycles. The van der Waals surface area contributed by atoms with Crippen molar-refractivity contribution in [2.75, 3.05) is 0 Å².